The third-order valence-electron chi connectivity index (χ3n) is 2.68. The third-order valence-corrected chi connectivity index (χ3v) is 3.35. The van der Waals surface area contributed by atoms with Crippen molar-refractivity contribution in [1.29, 1.82) is 0 Å². The minimum Gasteiger partial charge on any atom is -0.493 e. The van der Waals surface area contributed by atoms with E-state index in [1.807, 2.05) is 24.3 Å². The van der Waals surface area contributed by atoms with Gasteiger partial charge in [0.1, 0.15) is 11.6 Å². The van der Waals surface area contributed by atoms with Gasteiger partial charge >= 0.3 is 0 Å². The van der Waals surface area contributed by atoms with Gasteiger partial charge in [-0.2, -0.15) is 0 Å². The molecular formula is C13H11IN2O. The SMILES string of the molecule is Ic1ccnc(Nc2ccc3c(c2)CCO3)c1. The zero-order valence-corrected chi connectivity index (χ0v) is 11.3. The number of rotatable bonds is 2. The molecule has 4 heteroatoms. The second-order valence-corrected chi connectivity index (χ2v) is 5.15. The molecule has 86 valence electrons. The number of aromatic nitrogens is 1. The van der Waals surface area contributed by atoms with Crippen LogP contribution in [0.5, 0.6) is 5.75 Å². The standard InChI is InChI=1S/C13H11IN2O/c14-10-3-5-15-13(8-10)16-11-1-2-12-9(7-11)4-6-17-12/h1-3,5,7-8H,4,6H2,(H,15,16). The van der Waals surface area contributed by atoms with Crippen LogP contribution in [0, 0.1) is 3.57 Å². The summed E-state index contributed by atoms with van der Waals surface area (Å²) < 4.78 is 6.65. The smallest absolute Gasteiger partial charge is 0.131 e. The Balaban J connectivity index is 1.86. The average Bonchev–Trinajstić information content (AvgIpc) is 2.76. The highest BCUT2D eigenvalue weighted by Crippen LogP contribution is 2.29. The monoisotopic (exact) mass is 338 g/mol. The Morgan fingerprint density at radius 2 is 2.18 bits per heavy atom. The number of pyridine rings is 1. The van der Waals surface area contributed by atoms with Crippen molar-refractivity contribution in [3.63, 3.8) is 0 Å². The molecule has 3 rings (SSSR count). The molecule has 1 aromatic carbocycles. The van der Waals surface area contributed by atoms with E-state index in [0.717, 1.165) is 30.3 Å². The van der Waals surface area contributed by atoms with Gasteiger partial charge in [-0.05, 0) is 58.5 Å². The molecule has 3 nitrogen and oxygen atoms in total. The lowest BCUT2D eigenvalue weighted by atomic mass is 10.1. The van der Waals surface area contributed by atoms with Gasteiger partial charge in [0.15, 0.2) is 0 Å². The fourth-order valence-corrected chi connectivity index (χ4v) is 2.34. The van der Waals surface area contributed by atoms with Crippen LogP contribution in [0.15, 0.2) is 36.5 Å². The van der Waals surface area contributed by atoms with E-state index in [-0.39, 0.29) is 0 Å². The summed E-state index contributed by atoms with van der Waals surface area (Å²) in [6.07, 6.45) is 2.80. The highest BCUT2D eigenvalue weighted by Gasteiger charge is 2.11. The van der Waals surface area contributed by atoms with Crippen LogP contribution in [0.2, 0.25) is 0 Å². The highest BCUT2D eigenvalue weighted by atomic mass is 127. The lowest BCUT2D eigenvalue weighted by Crippen LogP contribution is -1.94. The molecule has 0 radical (unpaired) electrons. The Bertz CT molecular complexity index is 557. The molecule has 0 amide bonds. The summed E-state index contributed by atoms with van der Waals surface area (Å²) in [6, 6.07) is 10.2. The molecule has 0 unspecified atom stereocenters. The first-order valence-electron chi connectivity index (χ1n) is 5.45. The number of hydrogen-bond donors (Lipinski definition) is 1. The zero-order chi connectivity index (χ0) is 11.7. The van der Waals surface area contributed by atoms with Gasteiger partial charge < -0.3 is 10.1 Å². The Morgan fingerprint density at radius 3 is 3.06 bits per heavy atom. The third kappa shape index (κ3) is 2.36. The van der Waals surface area contributed by atoms with E-state index in [1.165, 1.54) is 9.13 Å². The lowest BCUT2D eigenvalue weighted by Gasteiger charge is -2.07. The number of hydrogen-bond acceptors (Lipinski definition) is 3. The molecule has 0 spiro atoms. The van der Waals surface area contributed by atoms with Gasteiger partial charge in [-0.15, -0.1) is 0 Å². The molecule has 17 heavy (non-hydrogen) atoms. The van der Waals surface area contributed by atoms with Crippen LogP contribution in [0.1, 0.15) is 5.56 Å². The molecule has 0 aliphatic carbocycles. The molecule has 1 aromatic heterocycles. The summed E-state index contributed by atoms with van der Waals surface area (Å²) in [6.45, 7) is 0.792. The summed E-state index contributed by atoms with van der Waals surface area (Å²) in [5.41, 5.74) is 2.32. The number of halogens is 1. The predicted octanol–water partition coefficient (Wildman–Crippen LogP) is 3.36. The van der Waals surface area contributed by atoms with Crippen LogP contribution >= 0.6 is 22.6 Å². The lowest BCUT2D eigenvalue weighted by molar-refractivity contribution is 0.357. The van der Waals surface area contributed by atoms with Crippen LogP contribution in [-0.4, -0.2) is 11.6 Å². The normalized spacial score (nSPS) is 13.0. The maximum atomic E-state index is 5.48. The van der Waals surface area contributed by atoms with Crippen LogP contribution in [-0.2, 0) is 6.42 Å². The quantitative estimate of drug-likeness (QED) is 0.853. The van der Waals surface area contributed by atoms with Crippen LogP contribution < -0.4 is 10.1 Å². The maximum Gasteiger partial charge on any atom is 0.131 e. The first kappa shape index (κ1) is 10.8. The average molecular weight is 338 g/mol. The van der Waals surface area contributed by atoms with Gasteiger partial charge in [-0.1, -0.05) is 0 Å². The summed E-state index contributed by atoms with van der Waals surface area (Å²) in [5, 5.41) is 3.30. The first-order chi connectivity index (χ1) is 8.31. The number of nitrogens with one attached hydrogen (secondary N) is 1. The van der Waals surface area contributed by atoms with Gasteiger partial charge in [-0.3, -0.25) is 0 Å². The van der Waals surface area contributed by atoms with E-state index in [2.05, 4.69) is 39.0 Å². The van der Waals surface area contributed by atoms with E-state index in [4.69, 9.17) is 4.74 Å². The number of fused-ring (bicyclic) bond motifs is 1. The molecule has 1 N–H and O–H groups in total. The number of nitrogens with zero attached hydrogens (tertiary/aromatic N) is 1. The molecule has 2 heterocycles. The summed E-state index contributed by atoms with van der Waals surface area (Å²) in [5.74, 6) is 1.88. The summed E-state index contributed by atoms with van der Waals surface area (Å²) in [7, 11) is 0. The van der Waals surface area contributed by atoms with Gasteiger partial charge in [0.25, 0.3) is 0 Å². The summed E-state index contributed by atoms with van der Waals surface area (Å²) >= 11 is 2.28. The van der Waals surface area contributed by atoms with Gasteiger partial charge in [0, 0.05) is 21.9 Å². The largest absolute Gasteiger partial charge is 0.493 e. The molecule has 0 bridgehead atoms. The van der Waals surface area contributed by atoms with E-state index < -0.39 is 0 Å². The Kier molecular flexibility index (Phi) is 2.88. The van der Waals surface area contributed by atoms with Crippen molar-refractivity contribution >= 4 is 34.1 Å². The van der Waals surface area contributed by atoms with Crippen molar-refractivity contribution in [3.8, 4) is 5.75 Å². The molecular weight excluding hydrogens is 327 g/mol. The molecule has 1 aliphatic rings. The fraction of sp³-hybridized carbons (Fsp3) is 0.154. The molecule has 0 fully saturated rings. The second kappa shape index (κ2) is 4.52. The van der Waals surface area contributed by atoms with E-state index in [0.29, 0.717) is 0 Å². The number of benzene rings is 1. The zero-order valence-electron chi connectivity index (χ0n) is 9.11. The van der Waals surface area contributed by atoms with Gasteiger partial charge in [-0.25, -0.2) is 4.98 Å². The van der Waals surface area contributed by atoms with Crippen LogP contribution in [0.4, 0.5) is 11.5 Å². The number of anilines is 2. The first-order valence-corrected chi connectivity index (χ1v) is 6.53. The van der Waals surface area contributed by atoms with Crippen molar-refractivity contribution in [3.05, 3.63) is 45.7 Å². The Labute approximate surface area is 113 Å². The van der Waals surface area contributed by atoms with Gasteiger partial charge in [0.2, 0.25) is 0 Å². The van der Waals surface area contributed by atoms with Crippen molar-refractivity contribution < 1.29 is 4.74 Å². The van der Waals surface area contributed by atoms with Crippen molar-refractivity contribution in [2.24, 2.45) is 0 Å². The Morgan fingerprint density at radius 1 is 1.24 bits per heavy atom. The molecule has 0 saturated heterocycles. The van der Waals surface area contributed by atoms with Gasteiger partial charge in [0.05, 0.1) is 6.61 Å². The number of ether oxygens (including phenoxy) is 1. The highest BCUT2D eigenvalue weighted by molar-refractivity contribution is 14.1. The molecule has 0 atom stereocenters. The van der Waals surface area contributed by atoms with E-state index >= 15 is 0 Å². The molecule has 2 aromatic rings. The molecule has 0 saturated carbocycles. The fourth-order valence-electron chi connectivity index (χ4n) is 1.89. The van der Waals surface area contributed by atoms with Crippen LogP contribution in [0.3, 0.4) is 0 Å². The maximum absolute atomic E-state index is 5.48. The summed E-state index contributed by atoms with van der Waals surface area (Å²) in [4.78, 5) is 4.28. The van der Waals surface area contributed by atoms with Crippen LogP contribution in [0.25, 0.3) is 0 Å². The van der Waals surface area contributed by atoms with Crippen molar-refractivity contribution in [2.75, 3.05) is 11.9 Å². The van der Waals surface area contributed by atoms with E-state index in [1.54, 1.807) is 6.20 Å². The van der Waals surface area contributed by atoms with E-state index in [9.17, 15) is 0 Å². The topological polar surface area (TPSA) is 34.2 Å². The molecule has 1 aliphatic heterocycles. The van der Waals surface area contributed by atoms with Crippen molar-refractivity contribution in [1.82, 2.24) is 4.98 Å². The second-order valence-electron chi connectivity index (χ2n) is 3.91. The Hall–Kier alpha value is -1.30. The predicted molar refractivity (Wildman–Crippen MR) is 75.9 cm³/mol. The minimum atomic E-state index is 0.792. The minimum absolute atomic E-state index is 0.792. The van der Waals surface area contributed by atoms with Crippen molar-refractivity contribution in [2.45, 2.75) is 6.42 Å².